The Kier molecular flexibility index (Phi) is 4.91. The van der Waals surface area contributed by atoms with Crippen molar-refractivity contribution in [1.82, 2.24) is 5.32 Å². The zero-order chi connectivity index (χ0) is 16.1. The quantitative estimate of drug-likeness (QED) is 0.832. The molecule has 2 aromatic rings. The fourth-order valence-corrected chi connectivity index (χ4v) is 3.01. The molecule has 0 fully saturated rings. The van der Waals surface area contributed by atoms with Gasteiger partial charge < -0.3 is 10.2 Å². The largest absolute Gasteiger partial charge is 0.371 e. The van der Waals surface area contributed by atoms with Crippen LogP contribution in [0.25, 0.3) is 0 Å². The van der Waals surface area contributed by atoms with Crippen LogP contribution >= 0.6 is 0 Å². The van der Waals surface area contributed by atoms with Crippen molar-refractivity contribution in [3.05, 3.63) is 65.5 Å². The zero-order valence-electron chi connectivity index (χ0n) is 13.1. The Morgan fingerprint density at radius 1 is 1.13 bits per heavy atom. The van der Waals surface area contributed by atoms with Crippen molar-refractivity contribution in [3.8, 4) is 0 Å². The number of rotatable bonds is 6. The minimum absolute atomic E-state index is 0.0964. The molecule has 1 amide bonds. The van der Waals surface area contributed by atoms with E-state index in [4.69, 9.17) is 0 Å². The lowest BCUT2D eigenvalue weighted by atomic mass is 10.1. The van der Waals surface area contributed by atoms with Crippen molar-refractivity contribution in [2.75, 3.05) is 24.5 Å². The van der Waals surface area contributed by atoms with E-state index < -0.39 is 0 Å². The number of benzene rings is 2. The molecule has 0 saturated heterocycles. The van der Waals surface area contributed by atoms with Gasteiger partial charge in [0.15, 0.2) is 0 Å². The van der Waals surface area contributed by atoms with Crippen LogP contribution in [0.15, 0.2) is 48.5 Å². The fourth-order valence-electron chi connectivity index (χ4n) is 3.01. The van der Waals surface area contributed by atoms with Gasteiger partial charge in [0.25, 0.3) is 0 Å². The van der Waals surface area contributed by atoms with Gasteiger partial charge in [-0.2, -0.15) is 0 Å². The van der Waals surface area contributed by atoms with Gasteiger partial charge in [-0.3, -0.25) is 4.79 Å². The van der Waals surface area contributed by atoms with Gasteiger partial charge in [0.2, 0.25) is 5.91 Å². The Morgan fingerprint density at radius 2 is 1.91 bits per heavy atom. The zero-order valence-corrected chi connectivity index (χ0v) is 13.1. The standard InChI is InChI=1S/C19H21FN2O/c20-17-8-3-1-7-16(17)14-19(23)21-11-5-12-22-13-10-15-6-2-4-9-18(15)22/h1-4,6-9H,5,10-14H2,(H,21,23). The van der Waals surface area contributed by atoms with Crippen LogP contribution in [0, 0.1) is 5.82 Å². The lowest BCUT2D eigenvalue weighted by Crippen LogP contribution is -2.30. The van der Waals surface area contributed by atoms with E-state index in [0.29, 0.717) is 12.1 Å². The molecule has 0 unspecified atom stereocenters. The molecule has 1 heterocycles. The van der Waals surface area contributed by atoms with E-state index >= 15 is 0 Å². The normalized spacial score (nSPS) is 13.0. The van der Waals surface area contributed by atoms with Crippen molar-refractivity contribution in [1.29, 1.82) is 0 Å². The van der Waals surface area contributed by atoms with E-state index in [9.17, 15) is 9.18 Å². The number of carbonyl (C=O) groups excluding carboxylic acids is 1. The molecule has 1 aliphatic heterocycles. The Labute approximate surface area is 136 Å². The van der Waals surface area contributed by atoms with Crippen LogP contribution in [0.4, 0.5) is 10.1 Å². The summed E-state index contributed by atoms with van der Waals surface area (Å²) >= 11 is 0. The highest BCUT2D eigenvalue weighted by atomic mass is 19.1. The molecule has 120 valence electrons. The second kappa shape index (κ2) is 7.27. The molecule has 3 nitrogen and oxygen atoms in total. The molecule has 4 heteroatoms. The van der Waals surface area contributed by atoms with Crippen molar-refractivity contribution < 1.29 is 9.18 Å². The maximum Gasteiger partial charge on any atom is 0.224 e. The van der Waals surface area contributed by atoms with Crippen LogP contribution in [-0.2, 0) is 17.6 Å². The highest BCUT2D eigenvalue weighted by Crippen LogP contribution is 2.27. The van der Waals surface area contributed by atoms with Crippen molar-refractivity contribution in [2.45, 2.75) is 19.3 Å². The molecular weight excluding hydrogens is 291 g/mol. The van der Waals surface area contributed by atoms with Gasteiger partial charge in [-0.05, 0) is 36.1 Å². The minimum Gasteiger partial charge on any atom is -0.371 e. The van der Waals surface area contributed by atoms with Gasteiger partial charge in [0.05, 0.1) is 6.42 Å². The van der Waals surface area contributed by atoms with Crippen LogP contribution in [0.1, 0.15) is 17.5 Å². The Morgan fingerprint density at radius 3 is 2.78 bits per heavy atom. The number of hydrogen-bond acceptors (Lipinski definition) is 2. The van der Waals surface area contributed by atoms with E-state index in [1.807, 2.05) is 0 Å². The first-order valence-corrected chi connectivity index (χ1v) is 8.07. The predicted molar refractivity (Wildman–Crippen MR) is 90.1 cm³/mol. The molecule has 0 radical (unpaired) electrons. The Balaban J connectivity index is 1.41. The number of halogens is 1. The molecule has 23 heavy (non-hydrogen) atoms. The van der Waals surface area contributed by atoms with E-state index in [0.717, 1.165) is 25.9 Å². The van der Waals surface area contributed by atoms with Crippen LogP contribution in [0.2, 0.25) is 0 Å². The highest BCUT2D eigenvalue weighted by Gasteiger charge is 2.17. The summed E-state index contributed by atoms with van der Waals surface area (Å²) in [5.74, 6) is -0.451. The molecule has 0 saturated carbocycles. The molecule has 1 N–H and O–H groups in total. The number of fused-ring (bicyclic) bond motifs is 1. The minimum atomic E-state index is -0.323. The number of para-hydroxylation sites is 1. The van der Waals surface area contributed by atoms with Gasteiger partial charge in [0.1, 0.15) is 5.82 Å². The smallest absolute Gasteiger partial charge is 0.224 e. The van der Waals surface area contributed by atoms with E-state index in [2.05, 4.69) is 34.5 Å². The maximum absolute atomic E-state index is 13.5. The third-order valence-electron chi connectivity index (χ3n) is 4.22. The van der Waals surface area contributed by atoms with Gasteiger partial charge in [0, 0.05) is 25.3 Å². The molecule has 2 aromatic carbocycles. The van der Waals surface area contributed by atoms with Gasteiger partial charge in [-0.25, -0.2) is 4.39 Å². The second-order valence-electron chi connectivity index (χ2n) is 5.84. The third-order valence-corrected chi connectivity index (χ3v) is 4.22. The number of anilines is 1. The first-order chi connectivity index (χ1) is 11.2. The second-order valence-corrected chi connectivity index (χ2v) is 5.84. The number of nitrogens with one attached hydrogen (secondary N) is 1. The van der Waals surface area contributed by atoms with E-state index in [1.54, 1.807) is 18.2 Å². The van der Waals surface area contributed by atoms with E-state index in [1.165, 1.54) is 17.3 Å². The molecule has 1 aliphatic rings. The van der Waals surface area contributed by atoms with Gasteiger partial charge >= 0.3 is 0 Å². The summed E-state index contributed by atoms with van der Waals surface area (Å²) < 4.78 is 13.5. The van der Waals surface area contributed by atoms with Crippen LogP contribution in [-0.4, -0.2) is 25.5 Å². The lowest BCUT2D eigenvalue weighted by molar-refractivity contribution is -0.120. The summed E-state index contributed by atoms with van der Waals surface area (Å²) in [6.07, 6.45) is 2.08. The molecule has 0 atom stereocenters. The average Bonchev–Trinajstić information content (AvgIpc) is 2.97. The average molecular weight is 312 g/mol. The van der Waals surface area contributed by atoms with Gasteiger partial charge in [-0.1, -0.05) is 36.4 Å². The molecule has 3 rings (SSSR count). The maximum atomic E-state index is 13.5. The Hall–Kier alpha value is -2.36. The topological polar surface area (TPSA) is 32.3 Å². The predicted octanol–water partition coefficient (Wildman–Crippen LogP) is 2.94. The molecule has 0 bridgehead atoms. The number of carbonyl (C=O) groups is 1. The molecule has 0 aromatic heterocycles. The molecular formula is C19H21FN2O. The van der Waals surface area contributed by atoms with Crippen LogP contribution < -0.4 is 10.2 Å². The van der Waals surface area contributed by atoms with Crippen molar-refractivity contribution >= 4 is 11.6 Å². The number of nitrogens with zero attached hydrogens (tertiary/aromatic N) is 1. The SMILES string of the molecule is O=C(Cc1ccccc1F)NCCCN1CCc2ccccc21. The summed E-state index contributed by atoms with van der Waals surface area (Å²) in [7, 11) is 0. The Bertz CT molecular complexity index is 687. The van der Waals surface area contributed by atoms with E-state index in [-0.39, 0.29) is 18.1 Å². The molecule has 0 spiro atoms. The van der Waals surface area contributed by atoms with Crippen LogP contribution in [0.5, 0.6) is 0 Å². The molecule has 0 aliphatic carbocycles. The lowest BCUT2D eigenvalue weighted by Gasteiger charge is -2.19. The summed E-state index contributed by atoms with van der Waals surface area (Å²) in [4.78, 5) is 14.2. The number of hydrogen-bond donors (Lipinski definition) is 1. The first-order valence-electron chi connectivity index (χ1n) is 8.07. The summed E-state index contributed by atoms with van der Waals surface area (Å²) in [5.41, 5.74) is 3.15. The van der Waals surface area contributed by atoms with Crippen molar-refractivity contribution in [3.63, 3.8) is 0 Å². The monoisotopic (exact) mass is 312 g/mol. The summed E-state index contributed by atoms with van der Waals surface area (Å²) in [6.45, 7) is 2.59. The summed E-state index contributed by atoms with van der Waals surface area (Å²) in [6, 6.07) is 14.9. The van der Waals surface area contributed by atoms with Crippen molar-refractivity contribution in [2.24, 2.45) is 0 Å². The fraction of sp³-hybridized carbons (Fsp3) is 0.316. The van der Waals surface area contributed by atoms with Gasteiger partial charge in [-0.15, -0.1) is 0 Å². The summed E-state index contributed by atoms with van der Waals surface area (Å²) in [5, 5.41) is 2.87. The third kappa shape index (κ3) is 3.89. The highest BCUT2D eigenvalue weighted by molar-refractivity contribution is 5.78. The van der Waals surface area contributed by atoms with Crippen LogP contribution in [0.3, 0.4) is 0 Å². The number of amides is 1. The first kappa shape index (κ1) is 15.5.